The van der Waals surface area contributed by atoms with E-state index in [0.717, 1.165) is 5.16 Å². The van der Waals surface area contributed by atoms with Crippen LogP contribution < -0.4 is 0 Å². The van der Waals surface area contributed by atoms with Crippen LogP contribution in [0.25, 0.3) is 0 Å². The van der Waals surface area contributed by atoms with Crippen LogP contribution in [0.15, 0.2) is 5.16 Å². The Morgan fingerprint density at radius 2 is 2.25 bits per heavy atom. The molecule has 1 N–H and O–H groups in total. The Bertz CT molecular complexity index is 254. The Labute approximate surface area is 75.2 Å². The first-order valence-electron chi connectivity index (χ1n) is 3.56. The maximum absolute atomic E-state index is 9.41. The first-order chi connectivity index (χ1) is 5.49. The lowest BCUT2D eigenvalue weighted by Gasteiger charge is -2.14. The minimum Gasteiger partial charge on any atom is -0.390 e. The molecule has 0 bridgehead atoms. The van der Waals surface area contributed by atoms with Crippen molar-refractivity contribution in [2.24, 2.45) is 7.05 Å². The molecule has 0 fully saturated rings. The first-order valence-corrected chi connectivity index (χ1v) is 4.55. The van der Waals surface area contributed by atoms with Gasteiger partial charge < -0.3 is 5.11 Å². The Hall–Kier alpha value is -0.620. The van der Waals surface area contributed by atoms with Gasteiger partial charge in [-0.25, -0.2) is 4.68 Å². The third-order valence-electron chi connectivity index (χ3n) is 1.14. The molecule has 1 aromatic heterocycles. The molecule has 0 amide bonds. The largest absolute Gasteiger partial charge is 0.390 e. The van der Waals surface area contributed by atoms with Gasteiger partial charge in [0, 0.05) is 12.8 Å². The van der Waals surface area contributed by atoms with E-state index in [-0.39, 0.29) is 0 Å². The van der Waals surface area contributed by atoms with Crippen molar-refractivity contribution >= 4 is 11.8 Å². The number of hydrogen-bond acceptors (Lipinski definition) is 5. The van der Waals surface area contributed by atoms with Crippen LogP contribution in [0, 0.1) is 0 Å². The van der Waals surface area contributed by atoms with Crippen molar-refractivity contribution in [3.8, 4) is 0 Å². The molecule has 0 spiro atoms. The molecule has 0 atom stereocenters. The van der Waals surface area contributed by atoms with Gasteiger partial charge in [-0.3, -0.25) is 0 Å². The lowest BCUT2D eigenvalue weighted by atomic mass is 10.2. The van der Waals surface area contributed by atoms with Gasteiger partial charge in [0.2, 0.25) is 5.16 Å². The van der Waals surface area contributed by atoms with Crippen LogP contribution in [0.4, 0.5) is 0 Å². The van der Waals surface area contributed by atoms with Crippen molar-refractivity contribution in [3.05, 3.63) is 0 Å². The predicted octanol–water partition coefficient (Wildman–Crippen LogP) is 0.0731. The van der Waals surface area contributed by atoms with Gasteiger partial charge in [-0.1, -0.05) is 11.8 Å². The fourth-order valence-corrected chi connectivity index (χ4v) is 1.38. The molecule has 0 saturated heterocycles. The summed E-state index contributed by atoms with van der Waals surface area (Å²) in [7, 11) is 1.77. The highest BCUT2D eigenvalue weighted by Gasteiger charge is 2.14. The summed E-state index contributed by atoms with van der Waals surface area (Å²) in [6.45, 7) is 3.51. The Morgan fingerprint density at radius 3 is 2.67 bits per heavy atom. The molecule has 0 aliphatic heterocycles. The molecular weight excluding hydrogens is 176 g/mol. The first kappa shape index (κ1) is 9.47. The van der Waals surface area contributed by atoms with Crippen molar-refractivity contribution in [2.75, 3.05) is 5.75 Å². The highest BCUT2D eigenvalue weighted by Crippen LogP contribution is 2.18. The molecule has 0 aliphatic rings. The highest BCUT2D eigenvalue weighted by atomic mass is 32.2. The van der Waals surface area contributed by atoms with Gasteiger partial charge >= 0.3 is 0 Å². The number of rotatable bonds is 3. The molecule has 5 nitrogen and oxygen atoms in total. The highest BCUT2D eigenvalue weighted by molar-refractivity contribution is 7.99. The molecular formula is C6H12N4OS. The summed E-state index contributed by atoms with van der Waals surface area (Å²) in [5.41, 5.74) is -0.684. The van der Waals surface area contributed by atoms with Gasteiger partial charge in [0.15, 0.2) is 0 Å². The number of nitrogens with zero attached hydrogens (tertiary/aromatic N) is 4. The zero-order chi connectivity index (χ0) is 9.19. The van der Waals surface area contributed by atoms with Crippen molar-refractivity contribution in [3.63, 3.8) is 0 Å². The smallest absolute Gasteiger partial charge is 0.209 e. The lowest BCUT2D eigenvalue weighted by molar-refractivity contribution is 0.107. The third-order valence-corrected chi connectivity index (χ3v) is 2.59. The van der Waals surface area contributed by atoms with Crippen molar-refractivity contribution in [1.29, 1.82) is 0 Å². The second-order valence-corrected chi connectivity index (χ2v) is 4.13. The van der Waals surface area contributed by atoms with E-state index >= 15 is 0 Å². The summed E-state index contributed by atoms with van der Waals surface area (Å²) in [6, 6.07) is 0. The van der Waals surface area contributed by atoms with Crippen LogP contribution >= 0.6 is 11.8 Å². The van der Waals surface area contributed by atoms with Crippen LogP contribution in [0.2, 0.25) is 0 Å². The van der Waals surface area contributed by atoms with Crippen LogP contribution in [0.3, 0.4) is 0 Å². The van der Waals surface area contributed by atoms with Crippen molar-refractivity contribution in [2.45, 2.75) is 24.6 Å². The molecule has 0 aromatic carbocycles. The molecule has 6 heteroatoms. The zero-order valence-corrected chi connectivity index (χ0v) is 8.17. The molecule has 0 radical (unpaired) electrons. The number of thioether (sulfide) groups is 1. The maximum atomic E-state index is 9.41. The summed E-state index contributed by atoms with van der Waals surface area (Å²) in [6.07, 6.45) is 0. The molecule has 0 saturated carbocycles. The SMILES string of the molecule is Cn1nnnc1SCC(C)(C)O. The monoisotopic (exact) mass is 188 g/mol. The van der Waals surface area contributed by atoms with E-state index in [1.165, 1.54) is 11.8 Å². The van der Waals surface area contributed by atoms with E-state index in [9.17, 15) is 5.11 Å². The standard InChI is InChI=1S/C6H12N4OS/c1-6(2,11)4-12-5-7-8-9-10(5)3/h11H,4H2,1-3H3. The fourth-order valence-electron chi connectivity index (χ4n) is 0.585. The van der Waals surface area contributed by atoms with Gasteiger partial charge in [0.05, 0.1) is 5.60 Å². The van der Waals surface area contributed by atoms with Crippen molar-refractivity contribution < 1.29 is 5.11 Å². The normalized spacial score (nSPS) is 12.0. The van der Waals surface area contributed by atoms with E-state index in [1.54, 1.807) is 25.6 Å². The van der Waals surface area contributed by atoms with E-state index in [4.69, 9.17) is 0 Å². The van der Waals surface area contributed by atoms with Gasteiger partial charge in [0.1, 0.15) is 0 Å². The average Bonchev–Trinajstić information content (AvgIpc) is 2.29. The summed E-state index contributed by atoms with van der Waals surface area (Å²) < 4.78 is 1.58. The third kappa shape index (κ3) is 2.78. The lowest BCUT2D eigenvalue weighted by Crippen LogP contribution is -2.22. The quantitative estimate of drug-likeness (QED) is 0.680. The summed E-state index contributed by atoms with van der Waals surface area (Å²) in [5.74, 6) is 0.585. The van der Waals surface area contributed by atoms with E-state index in [0.29, 0.717) is 5.75 Å². The number of tetrazole rings is 1. The minimum absolute atomic E-state index is 0.585. The second kappa shape index (κ2) is 3.40. The minimum atomic E-state index is -0.684. The van der Waals surface area contributed by atoms with Gasteiger partial charge in [0.25, 0.3) is 0 Å². The Kier molecular flexibility index (Phi) is 2.69. The summed E-state index contributed by atoms with van der Waals surface area (Å²) in [5, 5.41) is 21.1. The Morgan fingerprint density at radius 1 is 1.58 bits per heavy atom. The van der Waals surface area contributed by atoms with Gasteiger partial charge in [-0.15, -0.1) is 5.10 Å². The van der Waals surface area contributed by atoms with Crippen LogP contribution in [-0.4, -0.2) is 36.7 Å². The fraction of sp³-hybridized carbons (Fsp3) is 0.833. The molecule has 68 valence electrons. The van der Waals surface area contributed by atoms with Crippen LogP contribution in [-0.2, 0) is 7.05 Å². The van der Waals surface area contributed by atoms with Gasteiger partial charge in [-0.05, 0) is 24.3 Å². The molecule has 0 aliphatic carbocycles. The van der Waals surface area contributed by atoms with E-state index in [2.05, 4.69) is 15.5 Å². The zero-order valence-electron chi connectivity index (χ0n) is 7.35. The summed E-state index contributed by atoms with van der Waals surface area (Å²) >= 11 is 1.44. The maximum Gasteiger partial charge on any atom is 0.209 e. The van der Waals surface area contributed by atoms with Crippen LogP contribution in [0.1, 0.15) is 13.8 Å². The molecule has 1 heterocycles. The van der Waals surface area contributed by atoms with Crippen LogP contribution in [0.5, 0.6) is 0 Å². The van der Waals surface area contributed by atoms with Gasteiger partial charge in [-0.2, -0.15) is 0 Å². The predicted molar refractivity (Wildman–Crippen MR) is 45.8 cm³/mol. The number of aryl methyl sites for hydroxylation is 1. The average molecular weight is 188 g/mol. The van der Waals surface area contributed by atoms with Crippen molar-refractivity contribution in [1.82, 2.24) is 20.2 Å². The second-order valence-electron chi connectivity index (χ2n) is 3.19. The molecule has 1 aromatic rings. The topological polar surface area (TPSA) is 63.8 Å². The number of aliphatic hydroxyl groups is 1. The molecule has 1 rings (SSSR count). The van der Waals surface area contributed by atoms with E-state index in [1.807, 2.05) is 0 Å². The number of aromatic nitrogens is 4. The van der Waals surface area contributed by atoms with E-state index < -0.39 is 5.60 Å². The number of hydrogen-bond donors (Lipinski definition) is 1. The Balaban J connectivity index is 2.49. The molecule has 12 heavy (non-hydrogen) atoms. The molecule has 0 unspecified atom stereocenters. The summed E-state index contributed by atoms with van der Waals surface area (Å²) in [4.78, 5) is 0.